The molecular weight excluding hydrogens is 256 g/mol. The number of carboxylic acids is 1. The molecule has 3 atom stereocenters. The summed E-state index contributed by atoms with van der Waals surface area (Å²) in [6.07, 6.45) is 4.55. The summed E-state index contributed by atoms with van der Waals surface area (Å²) in [7, 11) is 0. The van der Waals surface area contributed by atoms with Gasteiger partial charge in [-0.25, -0.2) is 4.79 Å². The lowest BCUT2D eigenvalue weighted by Crippen LogP contribution is -2.27. The average molecular weight is 274 g/mol. The van der Waals surface area contributed by atoms with Gasteiger partial charge < -0.3 is 16.2 Å². The van der Waals surface area contributed by atoms with Crippen LogP contribution in [0, 0.1) is 17.8 Å². The van der Waals surface area contributed by atoms with Crippen LogP contribution in [0.2, 0.25) is 0 Å². The Balaban J connectivity index is 1.71. The molecule has 0 radical (unpaired) electrons. The molecule has 2 fully saturated rings. The minimum atomic E-state index is -1.03. The molecule has 5 heteroatoms. The van der Waals surface area contributed by atoms with Crippen LogP contribution in [0.4, 0.5) is 11.4 Å². The minimum absolute atomic E-state index is 0.0203. The maximum absolute atomic E-state index is 12.3. The summed E-state index contributed by atoms with van der Waals surface area (Å²) >= 11 is 0. The van der Waals surface area contributed by atoms with Crippen LogP contribution in [0.25, 0.3) is 0 Å². The van der Waals surface area contributed by atoms with Gasteiger partial charge in [0.2, 0.25) is 5.91 Å². The Labute approximate surface area is 117 Å². The van der Waals surface area contributed by atoms with E-state index in [9.17, 15) is 9.59 Å². The zero-order chi connectivity index (χ0) is 14.3. The summed E-state index contributed by atoms with van der Waals surface area (Å²) in [5.41, 5.74) is 6.72. The highest BCUT2D eigenvalue weighted by atomic mass is 16.4. The molecule has 4 N–H and O–H groups in total. The molecule has 0 saturated heterocycles. The van der Waals surface area contributed by atoms with Crippen LogP contribution in [0.3, 0.4) is 0 Å². The van der Waals surface area contributed by atoms with E-state index in [-0.39, 0.29) is 17.4 Å². The number of nitrogens with two attached hydrogens (primary N) is 1. The van der Waals surface area contributed by atoms with Gasteiger partial charge in [0, 0.05) is 5.92 Å². The summed E-state index contributed by atoms with van der Waals surface area (Å²) < 4.78 is 0. The van der Waals surface area contributed by atoms with Crippen molar-refractivity contribution >= 4 is 23.3 Å². The molecule has 2 saturated carbocycles. The van der Waals surface area contributed by atoms with Crippen molar-refractivity contribution in [2.75, 3.05) is 11.1 Å². The normalized spacial score (nSPS) is 27.5. The molecule has 2 bridgehead atoms. The number of hydrogen-bond acceptors (Lipinski definition) is 3. The van der Waals surface area contributed by atoms with Gasteiger partial charge >= 0.3 is 5.97 Å². The predicted octanol–water partition coefficient (Wildman–Crippen LogP) is 2.34. The van der Waals surface area contributed by atoms with Crippen molar-refractivity contribution in [3.05, 3.63) is 23.8 Å². The average Bonchev–Trinajstić information content (AvgIpc) is 3.03. The van der Waals surface area contributed by atoms with Crippen molar-refractivity contribution < 1.29 is 14.7 Å². The van der Waals surface area contributed by atoms with Crippen molar-refractivity contribution in [3.8, 4) is 0 Å². The number of carbonyl (C=O) groups excluding carboxylic acids is 1. The number of benzene rings is 1. The zero-order valence-electron chi connectivity index (χ0n) is 11.1. The van der Waals surface area contributed by atoms with Gasteiger partial charge in [-0.05, 0) is 49.3 Å². The van der Waals surface area contributed by atoms with Gasteiger partial charge in [-0.2, -0.15) is 0 Å². The van der Waals surface area contributed by atoms with Crippen molar-refractivity contribution in [3.63, 3.8) is 0 Å². The molecule has 106 valence electrons. The lowest BCUT2D eigenvalue weighted by atomic mass is 9.88. The molecule has 20 heavy (non-hydrogen) atoms. The lowest BCUT2D eigenvalue weighted by Gasteiger charge is -2.21. The number of rotatable bonds is 3. The molecule has 0 heterocycles. The second kappa shape index (κ2) is 4.81. The summed E-state index contributed by atoms with van der Waals surface area (Å²) in [5.74, 6) is 0.309. The van der Waals surface area contributed by atoms with E-state index in [4.69, 9.17) is 10.8 Å². The monoisotopic (exact) mass is 274 g/mol. The van der Waals surface area contributed by atoms with Crippen molar-refractivity contribution in [2.24, 2.45) is 17.8 Å². The van der Waals surface area contributed by atoms with Crippen LogP contribution in [-0.2, 0) is 4.79 Å². The van der Waals surface area contributed by atoms with E-state index < -0.39 is 5.97 Å². The Morgan fingerprint density at radius 1 is 1.25 bits per heavy atom. The number of nitrogens with one attached hydrogen (secondary N) is 1. The molecule has 0 aromatic heterocycles. The molecule has 0 spiro atoms. The van der Waals surface area contributed by atoms with E-state index >= 15 is 0 Å². The molecule has 1 aromatic rings. The van der Waals surface area contributed by atoms with E-state index in [2.05, 4.69) is 5.32 Å². The van der Waals surface area contributed by atoms with E-state index in [0.717, 1.165) is 12.8 Å². The summed E-state index contributed by atoms with van der Waals surface area (Å²) in [6.45, 7) is 0. The van der Waals surface area contributed by atoms with Gasteiger partial charge in [0.25, 0.3) is 0 Å². The van der Waals surface area contributed by atoms with Crippen LogP contribution in [0.5, 0.6) is 0 Å². The second-order valence-corrected chi connectivity index (χ2v) is 5.88. The number of hydrogen-bond donors (Lipinski definition) is 3. The number of amides is 1. The fraction of sp³-hybridized carbons (Fsp3) is 0.467. The fourth-order valence-electron chi connectivity index (χ4n) is 3.60. The first-order chi connectivity index (χ1) is 9.54. The van der Waals surface area contributed by atoms with Crippen molar-refractivity contribution in [2.45, 2.75) is 25.7 Å². The molecule has 3 rings (SSSR count). The number of anilines is 2. The highest BCUT2D eigenvalue weighted by Gasteiger charge is 2.43. The number of aromatic carboxylic acids is 1. The number of carbonyl (C=O) groups is 2. The van der Waals surface area contributed by atoms with Gasteiger partial charge in [0.05, 0.1) is 16.9 Å². The van der Waals surface area contributed by atoms with E-state index in [1.54, 1.807) is 6.07 Å². The first-order valence-electron chi connectivity index (χ1n) is 6.98. The largest absolute Gasteiger partial charge is 0.478 e. The minimum Gasteiger partial charge on any atom is -0.478 e. The smallest absolute Gasteiger partial charge is 0.335 e. The van der Waals surface area contributed by atoms with Crippen LogP contribution < -0.4 is 11.1 Å². The Hall–Kier alpha value is -2.04. The SMILES string of the molecule is Nc1cc(C(=O)O)ccc1NC(=O)C1CC2CCC1C2. The third kappa shape index (κ3) is 2.24. The number of fused-ring (bicyclic) bond motifs is 2. The topological polar surface area (TPSA) is 92.4 Å². The molecule has 2 aliphatic carbocycles. The van der Waals surface area contributed by atoms with Crippen LogP contribution in [-0.4, -0.2) is 17.0 Å². The van der Waals surface area contributed by atoms with Gasteiger partial charge in [0.1, 0.15) is 0 Å². The molecule has 2 aliphatic rings. The maximum Gasteiger partial charge on any atom is 0.335 e. The number of carboxylic acid groups (broad SMARTS) is 1. The Kier molecular flexibility index (Phi) is 3.12. The van der Waals surface area contributed by atoms with E-state index in [0.29, 0.717) is 23.2 Å². The van der Waals surface area contributed by atoms with Crippen LogP contribution in [0.15, 0.2) is 18.2 Å². The van der Waals surface area contributed by atoms with Crippen LogP contribution >= 0.6 is 0 Å². The highest BCUT2D eigenvalue weighted by molar-refractivity contribution is 5.97. The predicted molar refractivity (Wildman–Crippen MR) is 75.4 cm³/mol. The Morgan fingerprint density at radius 2 is 2.05 bits per heavy atom. The molecule has 1 aromatic carbocycles. The highest BCUT2D eigenvalue weighted by Crippen LogP contribution is 2.48. The second-order valence-electron chi connectivity index (χ2n) is 5.88. The van der Waals surface area contributed by atoms with Crippen LogP contribution in [0.1, 0.15) is 36.0 Å². The summed E-state index contributed by atoms with van der Waals surface area (Å²) in [4.78, 5) is 23.1. The Morgan fingerprint density at radius 3 is 2.60 bits per heavy atom. The Bertz CT molecular complexity index is 570. The van der Waals surface area contributed by atoms with Gasteiger partial charge in [-0.15, -0.1) is 0 Å². The van der Waals surface area contributed by atoms with E-state index in [1.807, 2.05) is 0 Å². The fourth-order valence-corrected chi connectivity index (χ4v) is 3.60. The standard InChI is InChI=1S/C15H18N2O3/c16-12-7-10(15(19)20)3-4-13(12)17-14(18)11-6-8-1-2-9(11)5-8/h3-4,7-9,11H,1-2,5-6,16H2,(H,17,18)(H,19,20). The number of nitrogen functional groups attached to an aromatic ring is 1. The summed E-state index contributed by atoms with van der Waals surface area (Å²) in [6, 6.07) is 4.39. The van der Waals surface area contributed by atoms with E-state index in [1.165, 1.54) is 25.0 Å². The van der Waals surface area contributed by atoms with Gasteiger partial charge in [-0.3, -0.25) is 4.79 Å². The third-order valence-corrected chi connectivity index (χ3v) is 4.63. The molecular formula is C15H18N2O3. The van der Waals surface area contributed by atoms with Crippen molar-refractivity contribution in [1.82, 2.24) is 0 Å². The lowest BCUT2D eigenvalue weighted by molar-refractivity contribution is -0.121. The third-order valence-electron chi connectivity index (χ3n) is 4.63. The van der Waals surface area contributed by atoms with Gasteiger partial charge in [0.15, 0.2) is 0 Å². The molecule has 3 unspecified atom stereocenters. The molecule has 0 aliphatic heterocycles. The van der Waals surface area contributed by atoms with Crippen molar-refractivity contribution in [1.29, 1.82) is 0 Å². The molecule has 5 nitrogen and oxygen atoms in total. The molecule has 1 amide bonds. The van der Waals surface area contributed by atoms with Gasteiger partial charge in [-0.1, -0.05) is 6.42 Å². The quantitative estimate of drug-likeness (QED) is 0.738. The first-order valence-corrected chi connectivity index (χ1v) is 6.98. The first kappa shape index (κ1) is 13.0. The zero-order valence-corrected chi connectivity index (χ0v) is 11.1. The maximum atomic E-state index is 12.3. The summed E-state index contributed by atoms with van der Waals surface area (Å²) in [5, 5.41) is 11.7.